The third-order valence-electron chi connectivity index (χ3n) is 5.47. The molecule has 0 aromatic carbocycles. The minimum Gasteiger partial charge on any atom is -0.392 e. The average Bonchev–Trinajstić information content (AvgIpc) is 2.91. The van der Waals surface area contributed by atoms with Crippen LogP contribution in [0.1, 0.15) is 77.6 Å². The topological polar surface area (TPSA) is 93.4 Å². The van der Waals surface area contributed by atoms with E-state index in [1.807, 2.05) is 12.2 Å². The number of aliphatic hydroxyl groups excluding tert-OH is 2. The molecule has 26 heavy (non-hydrogen) atoms. The van der Waals surface area contributed by atoms with Crippen LogP contribution in [0.15, 0.2) is 12.2 Å². The van der Waals surface area contributed by atoms with Crippen molar-refractivity contribution in [2.45, 2.75) is 95.8 Å². The molecule has 5 atom stereocenters. The molecule has 1 amide bonds. The second kappa shape index (κ2) is 13.8. The van der Waals surface area contributed by atoms with Gasteiger partial charge in [-0.05, 0) is 31.6 Å². The summed E-state index contributed by atoms with van der Waals surface area (Å²) >= 11 is 0. The predicted octanol–water partition coefficient (Wildman–Crippen LogP) is 3.46. The molecular weight excluding hydrogens is 328 g/mol. The number of nitrogens with one attached hydrogen (secondary N) is 1. The lowest BCUT2D eigenvalue weighted by atomic mass is 9.87. The minimum atomic E-state index is -0.477. The molecule has 0 spiro atoms. The molecule has 0 radical (unpaired) electrons. The van der Waals surface area contributed by atoms with E-state index in [0.717, 1.165) is 64.2 Å². The predicted molar refractivity (Wildman–Crippen MR) is 103 cm³/mol. The number of hydrogen-bond donors (Lipinski definition) is 3. The Balaban J connectivity index is 2.55. The smallest absolute Gasteiger partial charge is 0.207 e. The van der Waals surface area contributed by atoms with Crippen LogP contribution >= 0.6 is 0 Å². The van der Waals surface area contributed by atoms with E-state index < -0.39 is 12.2 Å². The molecule has 3 N–H and O–H groups in total. The van der Waals surface area contributed by atoms with Gasteiger partial charge in [0.2, 0.25) is 6.41 Å². The van der Waals surface area contributed by atoms with Gasteiger partial charge in [-0.25, -0.2) is 0 Å². The second-order valence-corrected chi connectivity index (χ2v) is 7.49. The van der Waals surface area contributed by atoms with E-state index in [2.05, 4.69) is 18.3 Å². The van der Waals surface area contributed by atoms with Crippen LogP contribution in [0.25, 0.3) is 0 Å². The van der Waals surface area contributed by atoms with Crippen LogP contribution < -0.4 is 5.32 Å². The quantitative estimate of drug-likeness (QED) is 0.250. The Kier molecular flexibility index (Phi) is 12.0. The summed E-state index contributed by atoms with van der Waals surface area (Å²) in [7, 11) is 0. The number of unbranched alkanes of at least 4 members (excludes halogenated alkanes) is 6. The lowest BCUT2D eigenvalue weighted by Gasteiger charge is -2.23. The van der Waals surface area contributed by atoms with Crippen LogP contribution in [0, 0.1) is 23.2 Å². The fourth-order valence-electron chi connectivity index (χ4n) is 3.98. The monoisotopic (exact) mass is 364 g/mol. The fraction of sp³-hybridized carbons (Fsp3) is 0.810. The van der Waals surface area contributed by atoms with E-state index >= 15 is 0 Å². The number of nitrogens with zero attached hydrogens (tertiary/aromatic N) is 1. The van der Waals surface area contributed by atoms with Gasteiger partial charge in [0, 0.05) is 18.4 Å². The maximum atomic E-state index is 10.9. The summed E-state index contributed by atoms with van der Waals surface area (Å²) in [6.45, 7) is 2.14. The molecule has 5 nitrogen and oxygen atoms in total. The van der Waals surface area contributed by atoms with Crippen molar-refractivity contribution in [1.82, 2.24) is 5.32 Å². The molecule has 5 heteroatoms. The summed E-state index contributed by atoms with van der Waals surface area (Å²) in [6.07, 6.45) is 13.8. The molecule has 1 aliphatic carbocycles. The summed E-state index contributed by atoms with van der Waals surface area (Å²) in [5.41, 5.74) is 0. The van der Waals surface area contributed by atoms with Crippen molar-refractivity contribution in [3.05, 3.63) is 12.2 Å². The van der Waals surface area contributed by atoms with E-state index in [0.29, 0.717) is 12.8 Å². The first-order valence-electron chi connectivity index (χ1n) is 10.2. The fourth-order valence-corrected chi connectivity index (χ4v) is 3.98. The van der Waals surface area contributed by atoms with Crippen molar-refractivity contribution >= 4 is 6.41 Å². The summed E-state index contributed by atoms with van der Waals surface area (Å²) in [5, 5.41) is 32.0. The third kappa shape index (κ3) is 8.33. The van der Waals surface area contributed by atoms with Crippen LogP contribution in [0.2, 0.25) is 0 Å². The van der Waals surface area contributed by atoms with Crippen LogP contribution in [-0.2, 0) is 4.79 Å². The lowest BCUT2D eigenvalue weighted by Crippen LogP contribution is -2.33. The molecule has 1 fully saturated rings. The Hall–Kier alpha value is -1.38. The summed E-state index contributed by atoms with van der Waals surface area (Å²) in [4.78, 5) is 10.9. The van der Waals surface area contributed by atoms with Gasteiger partial charge < -0.3 is 15.5 Å². The molecule has 0 bridgehead atoms. The standard InChI is InChI=1S/C21H36N2O3/c1-2-3-7-10-17(25)12-13-19-18(11-8-5-4-6-9-14-22)20(23-16-24)15-21(19)26/h12-13,16-21,25-26H,2-11,15H2,1H3,(H,23,24)/t17-,18-,19-,20-,21+/m1/s1. The van der Waals surface area contributed by atoms with Crippen molar-refractivity contribution < 1.29 is 15.0 Å². The molecule has 148 valence electrons. The SMILES string of the molecule is CCCCC[C@@H](O)C=C[C@@H]1[C@@H](CCCCCCC#N)[C@H](NC=O)C[C@@H]1O. The van der Waals surface area contributed by atoms with Gasteiger partial charge in [0.25, 0.3) is 0 Å². The van der Waals surface area contributed by atoms with Gasteiger partial charge in [0.05, 0.1) is 18.3 Å². The number of carbonyl (C=O) groups is 1. The number of rotatable bonds is 14. The first-order valence-corrected chi connectivity index (χ1v) is 10.2. The molecule has 1 saturated carbocycles. The highest BCUT2D eigenvalue weighted by Gasteiger charge is 2.40. The van der Waals surface area contributed by atoms with Crippen molar-refractivity contribution in [1.29, 1.82) is 5.26 Å². The number of amides is 1. The average molecular weight is 365 g/mol. The molecule has 0 aromatic rings. The summed E-state index contributed by atoms with van der Waals surface area (Å²) in [5.74, 6) is 0.178. The first-order chi connectivity index (χ1) is 12.6. The van der Waals surface area contributed by atoms with Crippen LogP contribution in [0.5, 0.6) is 0 Å². The zero-order valence-electron chi connectivity index (χ0n) is 16.1. The molecule has 1 rings (SSSR count). The van der Waals surface area contributed by atoms with E-state index in [-0.39, 0.29) is 17.9 Å². The largest absolute Gasteiger partial charge is 0.392 e. The van der Waals surface area contributed by atoms with Crippen LogP contribution in [0.4, 0.5) is 0 Å². The maximum Gasteiger partial charge on any atom is 0.207 e. The molecule has 0 aliphatic heterocycles. The zero-order valence-corrected chi connectivity index (χ0v) is 16.1. The van der Waals surface area contributed by atoms with Crippen LogP contribution in [0.3, 0.4) is 0 Å². The van der Waals surface area contributed by atoms with Gasteiger partial charge in [0.1, 0.15) is 0 Å². The van der Waals surface area contributed by atoms with Gasteiger partial charge in [-0.1, -0.05) is 57.6 Å². The minimum absolute atomic E-state index is 0.00603. The Bertz CT molecular complexity index is 447. The highest BCUT2D eigenvalue weighted by molar-refractivity contribution is 5.47. The number of aliphatic hydroxyl groups is 2. The van der Waals surface area contributed by atoms with Gasteiger partial charge in [0.15, 0.2) is 0 Å². The number of nitriles is 1. The van der Waals surface area contributed by atoms with E-state index in [1.165, 1.54) is 0 Å². The molecule has 1 aliphatic rings. The second-order valence-electron chi connectivity index (χ2n) is 7.49. The van der Waals surface area contributed by atoms with Gasteiger partial charge >= 0.3 is 0 Å². The third-order valence-corrected chi connectivity index (χ3v) is 5.47. The molecule has 0 saturated heterocycles. The molecule has 0 unspecified atom stereocenters. The first kappa shape index (κ1) is 22.7. The maximum absolute atomic E-state index is 10.9. The van der Waals surface area contributed by atoms with Gasteiger partial charge in [-0.2, -0.15) is 5.26 Å². The van der Waals surface area contributed by atoms with E-state index in [1.54, 1.807) is 0 Å². The molecule has 0 aromatic heterocycles. The van der Waals surface area contributed by atoms with Crippen molar-refractivity contribution in [3.63, 3.8) is 0 Å². The van der Waals surface area contributed by atoms with E-state index in [4.69, 9.17) is 5.26 Å². The van der Waals surface area contributed by atoms with Crippen molar-refractivity contribution in [2.24, 2.45) is 11.8 Å². The van der Waals surface area contributed by atoms with Gasteiger partial charge in [-0.15, -0.1) is 0 Å². The normalized spacial score (nSPS) is 26.7. The lowest BCUT2D eigenvalue weighted by molar-refractivity contribution is -0.110. The Labute approximate surface area is 158 Å². The Morgan fingerprint density at radius 1 is 1.23 bits per heavy atom. The number of carbonyl (C=O) groups excluding carboxylic acids is 1. The van der Waals surface area contributed by atoms with Gasteiger partial charge in [-0.3, -0.25) is 4.79 Å². The zero-order chi connectivity index (χ0) is 19.2. The highest BCUT2D eigenvalue weighted by Crippen LogP contribution is 2.37. The molecule has 0 heterocycles. The summed E-state index contributed by atoms with van der Waals surface area (Å²) in [6, 6.07) is 2.16. The Morgan fingerprint density at radius 3 is 2.69 bits per heavy atom. The highest BCUT2D eigenvalue weighted by atomic mass is 16.3. The van der Waals surface area contributed by atoms with Crippen LogP contribution in [-0.4, -0.2) is 34.9 Å². The van der Waals surface area contributed by atoms with E-state index in [9.17, 15) is 15.0 Å². The summed E-state index contributed by atoms with van der Waals surface area (Å²) < 4.78 is 0. The number of hydrogen-bond acceptors (Lipinski definition) is 4. The molecular formula is C21H36N2O3. The van der Waals surface area contributed by atoms with Crippen molar-refractivity contribution in [3.8, 4) is 6.07 Å². The van der Waals surface area contributed by atoms with Crippen molar-refractivity contribution in [2.75, 3.05) is 0 Å². The Morgan fingerprint density at radius 2 is 2.00 bits per heavy atom.